The number of nitrogens with two attached hydrogens (primary N) is 1. The minimum absolute atomic E-state index is 0.224. The lowest BCUT2D eigenvalue weighted by Crippen LogP contribution is -2.61. The molecule has 1 atom stereocenters. The molecule has 5 nitrogen and oxygen atoms in total. The fourth-order valence-electron chi connectivity index (χ4n) is 2.11. The Morgan fingerprint density at radius 2 is 1.94 bits per heavy atom. The summed E-state index contributed by atoms with van der Waals surface area (Å²) >= 11 is 0. The maximum atomic E-state index is 12.0. The monoisotopic (exact) mass is 237 g/mol. The van der Waals surface area contributed by atoms with E-state index < -0.39 is 11.5 Å². The molecule has 1 aliphatic heterocycles. The normalized spacial score (nSPS) is 25.1. The van der Waals surface area contributed by atoms with Crippen LogP contribution >= 0.6 is 0 Å². The van der Waals surface area contributed by atoms with E-state index in [2.05, 4.69) is 10.3 Å². The molecule has 0 aromatic heterocycles. The van der Waals surface area contributed by atoms with Crippen LogP contribution in [0.3, 0.4) is 0 Å². The molecule has 5 heteroatoms. The van der Waals surface area contributed by atoms with Gasteiger partial charge in [0, 0.05) is 0 Å². The van der Waals surface area contributed by atoms with E-state index in [1.54, 1.807) is 0 Å². The van der Waals surface area contributed by atoms with E-state index in [1.807, 2.05) is 20.8 Å². The summed E-state index contributed by atoms with van der Waals surface area (Å²) in [5, 5.41) is 2.71. The van der Waals surface area contributed by atoms with E-state index >= 15 is 0 Å². The quantitative estimate of drug-likeness (QED) is 0.654. The molecule has 0 radical (unpaired) electrons. The zero-order chi connectivity index (χ0) is 12.8. The maximum absolute atomic E-state index is 12.0. The van der Waals surface area contributed by atoms with Gasteiger partial charge in [-0.25, -0.2) is 0 Å². The first-order chi connectivity index (χ1) is 7.77. The average Bonchev–Trinajstić information content (AvgIpc) is 2.11. The minimum Gasteiger partial charge on any atom is -0.321 e. The number of hydrogen-bond acceptors (Lipinski definition) is 3. The number of amides is 2. The van der Waals surface area contributed by atoms with Gasteiger partial charge in [0.1, 0.15) is 11.3 Å². The highest BCUT2D eigenvalue weighted by molar-refractivity contribution is 6.20. The fourth-order valence-corrected chi connectivity index (χ4v) is 2.11. The number of aliphatic imine (C=N–C) groups is 1. The van der Waals surface area contributed by atoms with Crippen molar-refractivity contribution in [2.24, 2.45) is 21.6 Å². The van der Waals surface area contributed by atoms with Crippen molar-refractivity contribution in [3.8, 4) is 0 Å². The second kappa shape index (κ2) is 3.63. The van der Waals surface area contributed by atoms with Crippen LogP contribution in [0.15, 0.2) is 4.99 Å². The number of nitrogens with one attached hydrogen (secondary N) is 1. The third-order valence-corrected chi connectivity index (χ3v) is 3.74. The van der Waals surface area contributed by atoms with Crippen LogP contribution in [0.25, 0.3) is 0 Å². The zero-order valence-corrected chi connectivity index (χ0v) is 10.5. The lowest BCUT2D eigenvalue weighted by Gasteiger charge is -2.41. The highest BCUT2D eigenvalue weighted by atomic mass is 16.2. The van der Waals surface area contributed by atoms with E-state index in [0.29, 0.717) is 18.7 Å². The molecule has 2 amide bonds. The van der Waals surface area contributed by atoms with Crippen molar-refractivity contribution in [3.05, 3.63) is 0 Å². The van der Waals surface area contributed by atoms with Gasteiger partial charge in [-0.15, -0.1) is 0 Å². The van der Waals surface area contributed by atoms with Crippen LogP contribution in [0.5, 0.6) is 0 Å². The summed E-state index contributed by atoms with van der Waals surface area (Å²) < 4.78 is 0. The molecule has 1 saturated carbocycles. The van der Waals surface area contributed by atoms with Gasteiger partial charge in [-0.3, -0.25) is 9.59 Å². The van der Waals surface area contributed by atoms with Gasteiger partial charge < -0.3 is 11.1 Å². The Morgan fingerprint density at radius 1 is 1.35 bits per heavy atom. The molecule has 0 saturated heterocycles. The Bertz CT molecular complexity index is 402. The third kappa shape index (κ3) is 1.78. The average molecular weight is 237 g/mol. The lowest BCUT2D eigenvalue weighted by atomic mass is 9.66. The van der Waals surface area contributed by atoms with Gasteiger partial charge in [0.15, 0.2) is 0 Å². The van der Waals surface area contributed by atoms with Crippen molar-refractivity contribution in [1.29, 1.82) is 0 Å². The van der Waals surface area contributed by atoms with Crippen LogP contribution in [0.1, 0.15) is 40.0 Å². The largest absolute Gasteiger partial charge is 0.321 e. The molecule has 0 bridgehead atoms. The molecular weight excluding hydrogens is 218 g/mol. The molecule has 1 spiro atoms. The van der Waals surface area contributed by atoms with Crippen molar-refractivity contribution in [2.45, 2.75) is 46.1 Å². The predicted octanol–water partition coefficient (Wildman–Crippen LogP) is 0.585. The SMILES string of the molecule is CC(C)(C)C(N)C1=NC(=O)C2(CCC2)C(=O)N1. The Balaban J connectivity index is 2.26. The number of carbonyl (C=O) groups is 2. The van der Waals surface area contributed by atoms with Crippen molar-refractivity contribution >= 4 is 17.6 Å². The number of carbonyl (C=O) groups excluding carboxylic acids is 2. The van der Waals surface area contributed by atoms with Gasteiger partial charge in [0.2, 0.25) is 5.91 Å². The molecule has 3 N–H and O–H groups in total. The van der Waals surface area contributed by atoms with E-state index in [-0.39, 0.29) is 17.2 Å². The van der Waals surface area contributed by atoms with Crippen LogP contribution in [0, 0.1) is 10.8 Å². The van der Waals surface area contributed by atoms with Crippen molar-refractivity contribution < 1.29 is 9.59 Å². The Morgan fingerprint density at radius 3 is 2.29 bits per heavy atom. The maximum Gasteiger partial charge on any atom is 0.263 e. The van der Waals surface area contributed by atoms with Crippen molar-refractivity contribution in [3.63, 3.8) is 0 Å². The van der Waals surface area contributed by atoms with Gasteiger partial charge >= 0.3 is 0 Å². The first kappa shape index (κ1) is 12.2. The minimum atomic E-state index is -0.874. The molecule has 94 valence electrons. The molecule has 2 rings (SSSR count). The second-order valence-corrected chi connectivity index (χ2v) is 6.04. The van der Waals surface area contributed by atoms with Gasteiger partial charge in [-0.05, 0) is 18.3 Å². The van der Waals surface area contributed by atoms with Crippen LogP contribution in [-0.2, 0) is 9.59 Å². The molecule has 17 heavy (non-hydrogen) atoms. The van der Waals surface area contributed by atoms with Crippen LogP contribution in [-0.4, -0.2) is 23.7 Å². The molecule has 1 aliphatic carbocycles. The van der Waals surface area contributed by atoms with Gasteiger partial charge in [0.25, 0.3) is 5.91 Å². The smallest absolute Gasteiger partial charge is 0.263 e. The zero-order valence-electron chi connectivity index (χ0n) is 10.5. The summed E-state index contributed by atoms with van der Waals surface area (Å²) in [6, 6.07) is -0.437. The predicted molar refractivity (Wildman–Crippen MR) is 64.3 cm³/mol. The van der Waals surface area contributed by atoms with E-state index in [9.17, 15) is 9.59 Å². The fraction of sp³-hybridized carbons (Fsp3) is 0.750. The van der Waals surface area contributed by atoms with Crippen molar-refractivity contribution in [2.75, 3.05) is 0 Å². The summed E-state index contributed by atoms with van der Waals surface area (Å²) in [6.07, 6.45) is 2.13. The lowest BCUT2D eigenvalue weighted by molar-refractivity contribution is -0.147. The molecule has 1 fully saturated rings. The third-order valence-electron chi connectivity index (χ3n) is 3.74. The molecule has 1 unspecified atom stereocenters. The number of amidine groups is 1. The van der Waals surface area contributed by atoms with Gasteiger partial charge in [0.05, 0.1) is 6.04 Å². The molecular formula is C12H19N3O2. The topological polar surface area (TPSA) is 84.5 Å². The van der Waals surface area contributed by atoms with Gasteiger partial charge in [-0.1, -0.05) is 27.2 Å². The summed E-state index contributed by atoms with van der Waals surface area (Å²) in [4.78, 5) is 27.9. The van der Waals surface area contributed by atoms with E-state index in [0.717, 1.165) is 6.42 Å². The van der Waals surface area contributed by atoms with E-state index in [4.69, 9.17) is 5.73 Å². The first-order valence-corrected chi connectivity index (χ1v) is 5.97. The Labute approximate surface area is 101 Å². The van der Waals surface area contributed by atoms with Crippen molar-refractivity contribution in [1.82, 2.24) is 5.32 Å². The number of nitrogens with zero attached hydrogens (tertiary/aromatic N) is 1. The summed E-state index contributed by atoms with van der Waals surface area (Å²) in [7, 11) is 0. The molecule has 0 aromatic rings. The highest BCUT2D eigenvalue weighted by Crippen LogP contribution is 2.43. The van der Waals surface area contributed by atoms with Gasteiger partial charge in [-0.2, -0.15) is 4.99 Å². The second-order valence-electron chi connectivity index (χ2n) is 6.04. The number of hydrogen-bond donors (Lipinski definition) is 2. The Kier molecular flexibility index (Phi) is 2.61. The van der Waals surface area contributed by atoms with E-state index in [1.165, 1.54) is 0 Å². The van der Waals surface area contributed by atoms with Crippen LogP contribution in [0.2, 0.25) is 0 Å². The molecule has 2 aliphatic rings. The van der Waals surface area contributed by atoms with Crippen LogP contribution in [0.4, 0.5) is 0 Å². The standard InChI is InChI=1S/C12H19N3O2/c1-11(2,3)7(13)8-14-9(16)12(5-4-6-12)10(17)15-8/h7H,4-6,13H2,1-3H3,(H,14,15,16,17). The first-order valence-electron chi connectivity index (χ1n) is 5.97. The number of rotatable bonds is 1. The highest BCUT2D eigenvalue weighted by Gasteiger charge is 2.53. The summed E-state index contributed by atoms with van der Waals surface area (Å²) in [5.74, 6) is -0.231. The van der Waals surface area contributed by atoms with Crippen LogP contribution < -0.4 is 11.1 Å². The summed E-state index contributed by atoms with van der Waals surface area (Å²) in [5.41, 5.74) is 4.89. The Hall–Kier alpha value is -1.23. The molecule has 0 aromatic carbocycles. The molecule has 1 heterocycles. The summed E-state index contributed by atoms with van der Waals surface area (Å²) in [6.45, 7) is 5.85.